The van der Waals surface area contributed by atoms with E-state index in [1.165, 1.54) is 24.0 Å². The third-order valence-electron chi connectivity index (χ3n) is 7.47. The zero-order chi connectivity index (χ0) is 23.5. The van der Waals surface area contributed by atoms with Crippen molar-refractivity contribution in [3.8, 4) is 0 Å². The first-order chi connectivity index (χ1) is 16.6. The lowest BCUT2D eigenvalue weighted by Crippen LogP contribution is -2.38. The summed E-state index contributed by atoms with van der Waals surface area (Å²) in [6, 6.07) is 26.4. The molecule has 3 nitrogen and oxygen atoms in total. The van der Waals surface area contributed by atoms with Crippen LogP contribution in [0.4, 0.5) is 0 Å². The number of benzene rings is 3. The van der Waals surface area contributed by atoms with Crippen LogP contribution in [0.15, 0.2) is 78.9 Å². The van der Waals surface area contributed by atoms with Crippen LogP contribution < -0.4 is 0 Å². The molecule has 2 unspecified atom stereocenters. The van der Waals surface area contributed by atoms with Crippen molar-refractivity contribution in [2.24, 2.45) is 5.92 Å². The molecule has 0 spiro atoms. The Morgan fingerprint density at radius 1 is 0.794 bits per heavy atom. The van der Waals surface area contributed by atoms with E-state index < -0.39 is 0 Å². The lowest BCUT2D eigenvalue weighted by molar-refractivity contribution is 0.0781. The second kappa shape index (κ2) is 10.5. The monoisotopic (exact) mass is 492 g/mol. The number of hydrogen-bond acceptors (Lipinski definition) is 2. The average Bonchev–Trinajstić information content (AvgIpc) is 3.30. The molecular formula is C29H30Cl2N2O. The van der Waals surface area contributed by atoms with Gasteiger partial charge < -0.3 is 9.80 Å². The molecule has 0 bridgehead atoms. The van der Waals surface area contributed by atoms with E-state index in [0.29, 0.717) is 28.4 Å². The van der Waals surface area contributed by atoms with Gasteiger partial charge in [-0.3, -0.25) is 4.79 Å². The Labute approximate surface area is 212 Å². The zero-order valence-corrected chi connectivity index (χ0v) is 20.8. The van der Waals surface area contributed by atoms with Gasteiger partial charge in [-0.05, 0) is 73.2 Å². The highest BCUT2D eigenvalue weighted by Gasteiger charge is 2.38. The van der Waals surface area contributed by atoms with E-state index in [1.54, 1.807) is 0 Å². The van der Waals surface area contributed by atoms with Crippen LogP contribution >= 0.6 is 23.2 Å². The van der Waals surface area contributed by atoms with Crippen LogP contribution in [0.1, 0.15) is 46.2 Å². The molecule has 5 heteroatoms. The SMILES string of the molecule is O=C(c1ccccc1)N1CC(CN2CCC(c3ccccc3)CC2)C(c2ccc(Cl)c(Cl)c2)C1. The van der Waals surface area contributed by atoms with Gasteiger partial charge in [0.25, 0.3) is 5.91 Å². The standard InChI is InChI=1S/C29H30Cl2N2O/c30-27-12-11-24(17-28(27)31)26-20-33(29(34)23-9-5-2-6-10-23)19-25(26)18-32-15-13-22(14-16-32)21-7-3-1-4-8-21/h1-12,17,22,25-26H,13-16,18-20H2. The maximum absolute atomic E-state index is 13.2. The van der Waals surface area contributed by atoms with Crippen molar-refractivity contribution in [1.82, 2.24) is 9.80 Å². The van der Waals surface area contributed by atoms with E-state index in [1.807, 2.05) is 47.4 Å². The summed E-state index contributed by atoms with van der Waals surface area (Å²) >= 11 is 12.6. The molecule has 2 heterocycles. The summed E-state index contributed by atoms with van der Waals surface area (Å²) in [5.41, 5.74) is 3.37. The van der Waals surface area contributed by atoms with Crippen LogP contribution in [0.25, 0.3) is 0 Å². The third kappa shape index (κ3) is 5.17. The van der Waals surface area contributed by atoms with Crippen molar-refractivity contribution in [1.29, 1.82) is 0 Å². The van der Waals surface area contributed by atoms with Gasteiger partial charge in [0, 0.05) is 31.1 Å². The molecular weight excluding hydrogens is 463 g/mol. The number of carbonyl (C=O) groups is 1. The van der Waals surface area contributed by atoms with Crippen LogP contribution in [0, 0.1) is 5.92 Å². The average molecular weight is 493 g/mol. The summed E-state index contributed by atoms with van der Waals surface area (Å²) in [6.45, 7) is 4.65. The van der Waals surface area contributed by atoms with Gasteiger partial charge in [0.2, 0.25) is 0 Å². The van der Waals surface area contributed by atoms with Crippen LogP contribution in [0.5, 0.6) is 0 Å². The zero-order valence-electron chi connectivity index (χ0n) is 19.2. The summed E-state index contributed by atoms with van der Waals surface area (Å²) < 4.78 is 0. The first-order valence-electron chi connectivity index (χ1n) is 12.1. The number of rotatable bonds is 5. The molecule has 3 aromatic carbocycles. The first-order valence-corrected chi connectivity index (χ1v) is 12.9. The molecule has 2 fully saturated rings. The largest absolute Gasteiger partial charge is 0.338 e. The Balaban J connectivity index is 1.31. The number of likely N-dealkylation sites (tertiary alicyclic amines) is 2. The molecule has 2 atom stereocenters. The number of piperidine rings is 1. The fraction of sp³-hybridized carbons (Fsp3) is 0.345. The molecule has 0 aromatic heterocycles. The van der Waals surface area contributed by atoms with E-state index in [4.69, 9.17) is 23.2 Å². The molecule has 1 amide bonds. The topological polar surface area (TPSA) is 23.6 Å². The Bertz CT molecular complexity index is 1110. The Morgan fingerprint density at radius 2 is 1.47 bits per heavy atom. The Hall–Kier alpha value is -2.33. The van der Waals surface area contributed by atoms with E-state index >= 15 is 0 Å². The van der Waals surface area contributed by atoms with Gasteiger partial charge in [0.05, 0.1) is 10.0 Å². The normalized spacial score (nSPS) is 21.6. The number of nitrogens with zero attached hydrogens (tertiary/aromatic N) is 2. The van der Waals surface area contributed by atoms with E-state index in [0.717, 1.165) is 31.7 Å². The predicted molar refractivity (Wildman–Crippen MR) is 140 cm³/mol. The Morgan fingerprint density at radius 3 is 2.15 bits per heavy atom. The molecule has 176 valence electrons. The van der Waals surface area contributed by atoms with Crippen LogP contribution in [-0.2, 0) is 0 Å². The van der Waals surface area contributed by atoms with E-state index in [-0.39, 0.29) is 11.8 Å². The number of halogens is 2. The van der Waals surface area contributed by atoms with Crippen LogP contribution in [0.3, 0.4) is 0 Å². The summed E-state index contributed by atoms with van der Waals surface area (Å²) in [5.74, 6) is 1.35. The van der Waals surface area contributed by atoms with Crippen molar-refractivity contribution < 1.29 is 4.79 Å². The van der Waals surface area contributed by atoms with Crippen molar-refractivity contribution in [2.75, 3.05) is 32.7 Å². The Kier molecular flexibility index (Phi) is 7.24. The maximum Gasteiger partial charge on any atom is 0.253 e. The van der Waals surface area contributed by atoms with Gasteiger partial charge in [0.15, 0.2) is 0 Å². The minimum atomic E-state index is 0.107. The number of hydrogen-bond donors (Lipinski definition) is 0. The fourth-order valence-corrected chi connectivity index (χ4v) is 5.92. The van der Waals surface area contributed by atoms with Gasteiger partial charge in [-0.15, -0.1) is 0 Å². The summed E-state index contributed by atoms with van der Waals surface area (Å²) in [6.07, 6.45) is 2.36. The smallest absolute Gasteiger partial charge is 0.253 e. The molecule has 0 N–H and O–H groups in total. The predicted octanol–water partition coefficient (Wildman–Crippen LogP) is 6.73. The molecule has 2 aliphatic heterocycles. The number of carbonyl (C=O) groups excluding carboxylic acids is 1. The molecule has 0 aliphatic carbocycles. The molecule has 5 rings (SSSR count). The lowest BCUT2D eigenvalue weighted by Gasteiger charge is -2.35. The van der Waals surface area contributed by atoms with Crippen molar-refractivity contribution in [3.05, 3.63) is 106 Å². The summed E-state index contributed by atoms with van der Waals surface area (Å²) in [5, 5.41) is 1.15. The maximum atomic E-state index is 13.2. The first kappa shape index (κ1) is 23.4. The summed E-state index contributed by atoms with van der Waals surface area (Å²) in [7, 11) is 0. The molecule has 0 radical (unpaired) electrons. The molecule has 2 saturated heterocycles. The molecule has 2 aliphatic rings. The van der Waals surface area contributed by atoms with Crippen LogP contribution in [0.2, 0.25) is 10.0 Å². The minimum Gasteiger partial charge on any atom is -0.338 e. The quantitative estimate of drug-likeness (QED) is 0.394. The molecule has 34 heavy (non-hydrogen) atoms. The van der Waals surface area contributed by atoms with E-state index in [2.05, 4.69) is 41.3 Å². The van der Waals surface area contributed by atoms with Gasteiger partial charge in [-0.25, -0.2) is 0 Å². The van der Waals surface area contributed by atoms with E-state index in [9.17, 15) is 4.79 Å². The van der Waals surface area contributed by atoms with Gasteiger partial charge >= 0.3 is 0 Å². The van der Waals surface area contributed by atoms with Crippen LogP contribution in [-0.4, -0.2) is 48.4 Å². The molecule has 0 saturated carbocycles. The molecule has 3 aromatic rings. The number of amides is 1. The van der Waals surface area contributed by atoms with Gasteiger partial charge in [-0.1, -0.05) is 77.8 Å². The van der Waals surface area contributed by atoms with Gasteiger partial charge in [-0.2, -0.15) is 0 Å². The lowest BCUT2D eigenvalue weighted by atomic mass is 9.86. The minimum absolute atomic E-state index is 0.107. The second-order valence-corrected chi connectivity index (χ2v) is 10.4. The van der Waals surface area contributed by atoms with Gasteiger partial charge in [0.1, 0.15) is 0 Å². The van der Waals surface area contributed by atoms with Crippen molar-refractivity contribution in [2.45, 2.75) is 24.7 Å². The highest BCUT2D eigenvalue weighted by atomic mass is 35.5. The van der Waals surface area contributed by atoms with Crippen molar-refractivity contribution in [3.63, 3.8) is 0 Å². The highest BCUT2D eigenvalue weighted by Crippen LogP contribution is 2.37. The second-order valence-electron chi connectivity index (χ2n) is 9.60. The van der Waals surface area contributed by atoms with Crippen molar-refractivity contribution >= 4 is 29.1 Å². The summed E-state index contributed by atoms with van der Waals surface area (Å²) in [4.78, 5) is 17.9. The highest BCUT2D eigenvalue weighted by molar-refractivity contribution is 6.42. The fourth-order valence-electron chi connectivity index (χ4n) is 5.61. The third-order valence-corrected chi connectivity index (χ3v) is 8.21.